The number of amides is 1. The number of anilines is 1. The predicted octanol–water partition coefficient (Wildman–Crippen LogP) is 6.04. The number of nitrogens with one attached hydrogen (secondary N) is 1. The van der Waals surface area contributed by atoms with E-state index in [1.165, 1.54) is 18.5 Å². The van der Waals surface area contributed by atoms with Crippen molar-refractivity contribution >= 4 is 34.8 Å². The maximum atomic E-state index is 12.3. The second-order valence-electron chi connectivity index (χ2n) is 7.80. The molecule has 2 aromatic carbocycles. The fourth-order valence-electron chi connectivity index (χ4n) is 3.59. The first-order valence-electron chi connectivity index (χ1n) is 10.0. The highest BCUT2D eigenvalue weighted by molar-refractivity contribution is 6.42. The van der Waals surface area contributed by atoms with Crippen molar-refractivity contribution in [1.29, 1.82) is 0 Å². The van der Waals surface area contributed by atoms with Crippen LogP contribution in [0.1, 0.15) is 50.3 Å². The SMILES string of the molecule is CC1CCN(c2ccc([C@H](C)NC(=O)CCc3ccc(Cl)c(Cl)c3)cc2)CC1. The van der Waals surface area contributed by atoms with E-state index < -0.39 is 0 Å². The molecule has 1 heterocycles. The summed E-state index contributed by atoms with van der Waals surface area (Å²) < 4.78 is 0. The van der Waals surface area contributed by atoms with Gasteiger partial charge in [0.1, 0.15) is 0 Å². The molecule has 0 aromatic heterocycles. The van der Waals surface area contributed by atoms with Gasteiger partial charge in [-0.1, -0.05) is 48.3 Å². The number of aryl methyl sites for hydroxylation is 1. The number of hydrogen-bond acceptors (Lipinski definition) is 2. The fraction of sp³-hybridized carbons (Fsp3) is 0.435. The minimum absolute atomic E-state index is 0.0169. The third kappa shape index (κ3) is 5.65. The van der Waals surface area contributed by atoms with E-state index >= 15 is 0 Å². The zero-order chi connectivity index (χ0) is 20.1. The van der Waals surface area contributed by atoms with Crippen LogP contribution in [-0.2, 0) is 11.2 Å². The van der Waals surface area contributed by atoms with E-state index in [-0.39, 0.29) is 11.9 Å². The molecule has 1 amide bonds. The van der Waals surface area contributed by atoms with Gasteiger partial charge in [0.15, 0.2) is 0 Å². The lowest BCUT2D eigenvalue weighted by Crippen LogP contribution is -2.32. The maximum absolute atomic E-state index is 12.3. The summed E-state index contributed by atoms with van der Waals surface area (Å²) >= 11 is 12.0. The highest BCUT2D eigenvalue weighted by Gasteiger charge is 2.16. The van der Waals surface area contributed by atoms with Crippen LogP contribution in [-0.4, -0.2) is 19.0 Å². The van der Waals surface area contributed by atoms with E-state index in [9.17, 15) is 4.79 Å². The zero-order valence-corrected chi connectivity index (χ0v) is 18.1. The van der Waals surface area contributed by atoms with Crippen molar-refractivity contribution in [2.45, 2.75) is 45.6 Å². The molecular formula is C23H28Cl2N2O. The van der Waals surface area contributed by atoms with Crippen molar-refractivity contribution in [2.24, 2.45) is 5.92 Å². The average Bonchev–Trinajstić information content (AvgIpc) is 2.69. The average molecular weight is 419 g/mol. The van der Waals surface area contributed by atoms with Gasteiger partial charge in [-0.05, 0) is 67.5 Å². The lowest BCUT2D eigenvalue weighted by molar-refractivity contribution is -0.121. The summed E-state index contributed by atoms with van der Waals surface area (Å²) in [6.07, 6.45) is 3.58. The summed E-state index contributed by atoms with van der Waals surface area (Å²) in [6, 6.07) is 14.1. The lowest BCUT2D eigenvalue weighted by atomic mass is 9.98. The predicted molar refractivity (Wildman–Crippen MR) is 118 cm³/mol. The van der Waals surface area contributed by atoms with Crippen LogP contribution < -0.4 is 10.2 Å². The van der Waals surface area contributed by atoms with Gasteiger partial charge in [-0.2, -0.15) is 0 Å². The van der Waals surface area contributed by atoms with Crippen molar-refractivity contribution < 1.29 is 4.79 Å². The van der Waals surface area contributed by atoms with E-state index in [1.54, 1.807) is 6.07 Å². The molecule has 1 aliphatic rings. The van der Waals surface area contributed by atoms with Crippen LogP contribution in [0.15, 0.2) is 42.5 Å². The summed E-state index contributed by atoms with van der Waals surface area (Å²) in [7, 11) is 0. The van der Waals surface area contributed by atoms with Crippen LogP contribution in [0.5, 0.6) is 0 Å². The molecule has 28 heavy (non-hydrogen) atoms. The number of halogens is 2. The van der Waals surface area contributed by atoms with Gasteiger partial charge in [-0.3, -0.25) is 4.79 Å². The van der Waals surface area contributed by atoms with E-state index in [0.717, 1.165) is 30.1 Å². The largest absolute Gasteiger partial charge is 0.372 e. The molecule has 0 unspecified atom stereocenters. The molecule has 0 aliphatic carbocycles. The topological polar surface area (TPSA) is 32.3 Å². The second-order valence-corrected chi connectivity index (χ2v) is 8.61. The zero-order valence-electron chi connectivity index (χ0n) is 16.6. The van der Waals surface area contributed by atoms with E-state index in [4.69, 9.17) is 23.2 Å². The Balaban J connectivity index is 1.50. The van der Waals surface area contributed by atoms with Crippen LogP contribution in [0, 0.1) is 5.92 Å². The molecule has 1 atom stereocenters. The van der Waals surface area contributed by atoms with Crippen LogP contribution in [0.2, 0.25) is 10.0 Å². The molecule has 1 aliphatic heterocycles. The minimum Gasteiger partial charge on any atom is -0.372 e. The lowest BCUT2D eigenvalue weighted by Gasteiger charge is -2.32. The van der Waals surface area contributed by atoms with Crippen molar-refractivity contribution in [3.8, 4) is 0 Å². The molecule has 3 rings (SSSR count). The molecule has 150 valence electrons. The van der Waals surface area contributed by atoms with Crippen molar-refractivity contribution in [3.63, 3.8) is 0 Å². The van der Waals surface area contributed by atoms with Gasteiger partial charge in [-0.25, -0.2) is 0 Å². The molecule has 0 radical (unpaired) electrons. The number of carbonyl (C=O) groups excluding carboxylic acids is 1. The quantitative estimate of drug-likeness (QED) is 0.619. The Bertz CT molecular complexity index is 799. The Kier molecular flexibility index (Phi) is 7.25. The third-order valence-corrected chi connectivity index (χ3v) is 6.28. The Morgan fingerprint density at radius 2 is 1.79 bits per heavy atom. The van der Waals surface area contributed by atoms with Gasteiger partial charge < -0.3 is 10.2 Å². The molecule has 2 aromatic rings. The van der Waals surface area contributed by atoms with Gasteiger partial charge in [0.05, 0.1) is 16.1 Å². The monoisotopic (exact) mass is 418 g/mol. The normalized spacial score (nSPS) is 16.1. The number of rotatable bonds is 6. The van der Waals surface area contributed by atoms with Crippen molar-refractivity contribution in [2.75, 3.05) is 18.0 Å². The van der Waals surface area contributed by atoms with Crippen LogP contribution in [0.4, 0.5) is 5.69 Å². The Morgan fingerprint density at radius 3 is 2.43 bits per heavy atom. The van der Waals surface area contributed by atoms with Crippen LogP contribution in [0.3, 0.4) is 0 Å². The smallest absolute Gasteiger partial charge is 0.220 e. The standard InChI is InChI=1S/C23H28Cl2N2O/c1-16-11-13-27(14-12-16)20-7-5-19(6-8-20)17(2)26-23(28)10-4-18-3-9-21(24)22(25)15-18/h3,5-9,15-17H,4,10-14H2,1-2H3,(H,26,28)/t17-/m0/s1. The van der Waals surface area contributed by atoms with E-state index in [0.29, 0.717) is 22.9 Å². The Hall–Kier alpha value is -1.71. The summed E-state index contributed by atoms with van der Waals surface area (Å²) in [5.74, 6) is 0.863. The van der Waals surface area contributed by atoms with Crippen LogP contribution >= 0.6 is 23.2 Å². The molecule has 1 fully saturated rings. The van der Waals surface area contributed by atoms with Gasteiger partial charge in [0.25, 0.3) is 0 Å². The Labute approximate surface area is 178 Å². The summed E-state index contributed by atoms with van der Waals surface area (Å²) in [6.45, 7) is 6.60. The molecule has 0 bridgehead atoms. The molecule has 3 nitrogen and oxygen atoms in total. The summed E-state index contributed by atoms with van der Waals surface area (Å²) in [5, 5.41) is 4.14. The number of hydrogen-bond donors (Lipinski definition) is 1. The molecular weight excluding hydrogens is 391 g/mol. The maximum Gasteiger partial charge on any atom is 0.220 e. The van der Waals surface area contributed by atoms with Crippen molar-refractivity contribution in [3.05, 3.63) is 63.6 Å². The minimum atomic E-state index is -0.0169. The first-order chi connectivity index (χ1) is 13.4. The molecule has 5 heteroatoms. The second kappa shape index (κ2) is 9.67. The number of piperidine rings is 1. The highest BCUT2D eigenvalue weighted by Crippen LogP contribution is 2.25. The number of carbonyl (C=O) groups is 1. The first-order valence-corrected chi connectivity index (χ1v) is 10.8. The van der Waals surface area contributed by atoms with Gasteiger partial charge in [0, 0.05) is 25.2 Å². The first kappa shape index (κ1) is 21.0. The number of nitrogens with zero attached hydrogens (tertiary/aromatic N) is 1. The Morgan fingerprint density at radius 1 is 1.11 bits per heavy atom. The van der Waals surface area contributed by atoms with E-state index in [2.05, 4.69) is 41.4 Å². The van der Waals surface area contributed by atoms with E-state index in [1.807, 2.05) is 19.1 Å². The summed E-state index contributed by atoms with van der Waals surface area (Å²) in [4.78, 5) is 14.8. The van der Waals surface area contributed by atoms with Crippen molar-refractivity contribution in [1.82, 2.24) is 5.32 Å². The summed E-state index contributed by atoms with van der Waals surface area (Å²) in [5.41, 5.74) is 3.41. The van der Waals surface area contributed by atoms with Crippen LogP contribution in [0.25, 0.3) is 0 Å². The fourth-order valence-corrected chi connectivity index (χ4v) is 3.91. The number of benzene rings is 2. The molecule has 1 saturated heterocycles. The van der Waals surface area contributed by atoms with Gasteiger partial charge >= 0.3 is 0 Å². The molecule has 1 N–H and O–H groups in total. The third-order valence-electron chi connectivity index (χ3n) is 5.54. The van der Waals surface area contributed by atoms with Gasteiger partial charge in [0.2, 0.25) is 5.91 Å². The highest BCUT2D eigenvalue weighted by atomic mass is 35.5. The van der Waals surface area contributed by atoms with Gasteiger partial charge in [-0.15, -0.1) is 0 Å². The molecule has 0 saturated carbocycles. The molecule has 0 spiro atoms.